The number of unbranched alkanes of at least 4 members (excludes halogenated alkanes) is 2. The summed E-state index contributed by atoms with van der Waals surface area (Å²) in [4.78, 5) is 27.9. The average Bonchev–Trinajstić information content (AvgIpc) is 3.13. The first kappa shape index (κ1) is 23.5. The van der Waals surface area contributed by atoms with E-state index in [1.54, 1.807) is 0 Å². The molecule has 6 nitrogen and oxygen atoms in total. The van der Waals surface area contributed by atoms with Crippen LogP contribution in [0.3, 0.4) is 0 Å². The number of fused-ring (bicyclic) bond motifs is 5. The van der Waals surface area contributed by atoms with Gasteiger partial charge in [0.2, 0.25) is 0 Å². The summed E-state index contributed by atoms with van der Waals surface area (Å²) in [5.41, 5.74) is 10.0. The molecule has 4 aliphatic rings. The molecule has 0 aromatic carbocycles. The Hall–Kier alpha value is -1.65. The molecule has 4 rings (SSSR count). The van der Waals surface area contributed by atoms with Crippen LogP contribution >= 0.6 is 0 Å². The highest BCUT2D eigenvalue weighted by Crippen LogP contribution is 2.66. The second-order valence-electron chi connectivity index (χ2n) is 11.2. The molecule has 6 heteroatoms. The number of hydrogen-bond acceptors (Lipinski definition) is 4. The maximum Gasteiger partial charge on any atom is 0.162 e. The molecule has 0 aromatic heterocycles. The molecular weight excluding hydrogens is 402 g/mol. The number of azide groups is 1. The Morgan fingerprint density at radius 3 is 2.78 bits per heavy atom. The lowest BCUT2D eigenvalue weighted by atomic mass is 9.46. The largest absolute Gasteiger partial charge is 0.374 e. The van der Waals surface area contributed by atoms with Crippen LogP contribution in [-0.4, -0.2) is 31.3 Å². The molecule has 0 radical (unpaired) electrons. The number of nitrogens with zero attached hydrogens (tertiary/aromatic N) is 3. The summed E-state index contributed by atoms with van der Waals surface area (Å²) in [6, 6.07) is 0. The van der Waals surface area contributed by atoms with Gasteiger partial charge in [-0.15, -0.1) is 0 Å². The van der Waals surface area contributed by atoms with Gasteiger partial charge in [0.25, 0.3) is 0 Å². The number of hydrogen-bond donors (Lipinski definition) is 0. The van der Waals surface area contributed by atoms with E-state index in [1.165, 1.54) is 24.8 Å². The molecular formula is C26H39N3O3. The minimum Gasteiger partial charge on any atom is -0.374 e. The maximum absolute atomic E-state index is 13.1. The summed E-state index contributed by atoms with van der Waals surface area (Å²) in [5.74, 6) is 2.75. The van der Waals surface area contributed by atoms with Gasteiger partial charge < -0.3 is 4.74 Å². The van der Waals surface area contributed by atoms with Crippen LogP contribution in [0.4, 0.5) is 0 Å². The Kier molecular flexibility index (Phi) is 7.11. The number of ether oxygens (including phenoxy) is 1. The smallest absolute Gasteiger partial charge is 0.162 e. The highest BCUT2D eigenvalue weighted by atomic mass is 16.5. The van der Waals surface area contributed by atoms with Crippen LogP contribution in [0.15, 0.2) is 16.8 Å². The third-order valence-corrected chi connectivity index (χ3v) is 9.71. The van der Waals surface area contributed by atoms with Crippen LogP contribution in [0.2, 0.25) is 0 Å². The second-order valence-corrected chi connectivity index (χ2v) is 11.2. The molecule has 0 aliphatic heterocycles. The molecule has 0 spiro atoms. The number of rotatable bonds is 9. The van der Waals surface area contributed by atoms with Crippen LogP contribution in [0.5, 0.6) is 0 Å². The van der Waals surface area contributed by atoms with E-state index in [0.29, 0.717) is 48.9 Å². The Bertz CT molecular complexity index is 817. The summed E-state index contributed by atoms with van der Waals surface area (Å²) in [6.07, 6.45) is 13.2. The molecule has 3 saturated carbocycles. The molecule has 6 unspecified atom stereocenters. The molecule has 176 valence electrons. The lowest BCUT2D eigenvalue weighted by Crippen LogP contribution is -2.51. The van der Waals surface area contributed by atoms with E-state index in [2.05, 4.69) is 23.9 Å². The van der Waals surface area contributed by atoms with E-state index in [-0.39, 0.29) is 23.4 Å². The van der Waals surface area contributed by atoms with Crippen LogP contribution in [0, 0.1) is 34.5 Å². The van der Waals surface area contributed by atoms with Crippen molar-refractivity contribution in [3.8, 4) is 0 Å². The molecule has 0 aromatic rings. The van der Waals surface area contributed by atoms with Crippen LogP contribution in [0.25, 0.3) is 10.4 Å². The van der Waals surface area contributed by atoms with E-state index < -0.39 is 0 Å². The lowest BCUT2D eigenvalue weighted by molar-refractivity contribution is -0.135. The molecule has 4 aliphatic carbocycles. The average molecular weight is 442 g/mol. The standard InChI is InChI=1S/C26H39N3O3/c1-25-12-10-19(30)16-18(25)6-7-20-21-8-9-23(26(21,2)13-11-22(20)25)24(31)17-32-15-5-3-4-14-28-29-27/h16,20-23H,3-15,17H2,1-2H3. The minimum atomic E-state index is 0.110. The van der Waals surface area contributed by atoms with Gasteiger partial charge in [-0.3, -0.25) is 9.59 Å². The van der Waals surface area contributed by atoms with Crippen LogP contribution in [-0.2, 0) is 14.3 Å². The summed E-state index contributed by atoms with van der Waals surface area (Å²) in [7, 11) is 0. The van der Waals surface area contributed by atoms with Gasteiger partial charge in [0.1, 0.15) is 6.61 Å². The Labute approximate surface area is 192 Å². The molecule has 0 heterocycles. The van der Waals surface area contributed by atoms with Gasteiger partial charge in [0, 0.05) is 30.4 Å². The first-order chi connectivity index (χ1) is 15.4. The zero-order valence-electron chi connectivity index (χ0n) is 19.9. The third kappa shape index (κ3) is 4.28. The predicted molar refractivity (Wildman–Crippen MR) is 124 cm³/mol. The third-order valence-electron chi connectivity index (χ3n) is 9.71. The van der Waals surface area contributed by atoms with Gasteiger partial charge in [-0.2, -0.15) is 0 Å². The molecule has 3 fully saturated rings. The van der Waals surface area contributed by atoms with E-state index in [9.17, 15) is 9.59 Å². The van der Waals surface area contributed by atoms with E-state index in [4.69, 9.17) is 10.3 Å². The van der Waals surface area contributed by atoms with Crippen molar-refractivity contribution >= 4 is 11.6 Å². The van der Waals surface area contributed by atoms with Crippen molar-refractivity contribution < 1.29 is 14.3 Å². The highest BCUT2D eigenvalue weighted by Gasteiger charge is 2.59. The fourth-order valence-electron chi connectivity index (χ4n) is 7.97. The molecule has 0 saturated heterocycles. The molecule has 0 amide bonds. The first-order valence-electron chi connectivity index (χ1n) is 12.8. The first-order valence-corrected chi connectivity index (χ1v) is 12.8. The van der Waals surface area contributed by atoms with Gasteiger partial charge >= 0.3 is 0 Å². The molecule has 0 bridgehead atoms. The molecule has 0 N–H and O–H groups in total. The topological polar surface area (TPSA) is 92.1 Å². The summed E-state index contributed by atoms with van der Waals surface area (Å²) in [5, 5.41) is 3.54. The van der Waals surface area contributed by atoms with Gasteiger partial charge in [-0.25, -0.2) is 0 Å². The maximum atomic E-state index is 13.1. The quantitative estimate of drug-likeness (QED) is 0.184. The highest BCUT2D eigenvalue weighted by molar-refractivity contribution is 5.91. The van der Waals surface area contributed by atoms with E-state index in [1.807, 2.05) is 6.08 Å². The second kappa shape index (κ2) is 9.69. The van der Waals surface area contributed by atoms with E-state index in [0.717, 1.165) is 44.9 Å². The van der Waals surface area contributed by atoms with Crippen LogP contribution < -0.4 is 0 Å². The zero-order valence-corrected chi connectivity index (χ0v) is 19.9. The van der Waals surface area contributed by atoms with Crippen molar-refractivity contribution in [2.24, 2.45) is 39.6 Å². The van der Waals surface area contributed by atoms with Crippen molar-refractivity contribution in [2.45, 2.75) is 84.5 Å². The SMILES string of the molecule is CC12CCC(=O)C=C1CCC1C2CCC2(C)C(C(=O)COCCCCCN=[N+]=[N-])CCC12. The Balaban J connectivity index is 1.33. The normalized spacial score (nSPS) is 38.2. The summed E-state index contributed by atoms with van der Waals surface area (Å²) >= 11 is 0. The number of allylic oxidation sites excluding steroid dienone is 1. The Morgan fingerprint density at radius 2 is 1.97 bits per heavy atom. The number of carbonyl (C=O) groups excluding carboxylic acids is 2. The lowest BCUT2D eigenvalue weighted by Gasteiger charge is -2.58. The number of Topliss-reactive ketones (excluding diaryl/α,β-unsaturated/α-hetero) is 1. The fraction of sp³-hybridized carbons (Fsp3) is 0.846. The van der Waals surface area contributed by atoms with Crippen molar-refractivity contribution in [1.82, 2.24) is 0 Å². The zero-order chi connectivity index (χ0) is 22.8. The monoisotopic (exact) mass is 441 g/mol. The predicted octanol–water partition coefficient (Wildman–Crippen LogP) is 6.20. The van der Waals surface area contributed by atoms with Gasteiger partial charge in [0.05, 0.1) is 0 Å². The number of ketones is 2. The summed E-state index contributed by atoms with van der Waals surface area (Å²) < 4.78 is 5.75. The van der Waals surface area contributed by atoms with E-state index >= 15 is 0 Å². The summed E-state index contributed by atoms with van der Waals surface area (Å²) in [6.45, 7) is 6.18. The van der Waals surface area contributed by atoms with Crippen molar-refractivity contribution in [3.05, 3.63) is 22.1 Å². The number of carbonyl (C=O) groups is 2. The van der Waals surface area contributed by atoms with Gasteiger partial charge in [-0.1, -0.05) is 31.0 Å². The Morgan fingerprint density at radius 1 is 1.12 bits per heavy atom. The van der Waals surface area contributed by atoms with Gasteiger partial charge in [-0.05, 0) is 98.0 Å². The fourth-order valence-corrected chi connectivity index (χ4v) is 7.97. The van der Waals surface area contributed by atoms with Crippen LogP contribution in [0.1, 0.15) is 84.5 Å². The van der Waals surface area contributed by atoms with Gasteiger partial charge in [0.15, 0.2) is 11.6 Å². The molecule has 32 heavy (non-hydrogen) atoms. The van der Waals surface area contributed by atoms with Crippen molar-refractivity contribution in [2.75, 3.05) is 19.8 Å². The molecule has 6 atom stereocenters. The van der Waals surface area contributed by atoms with Crippen molar-refractivity contribution in [3.63, 3.8) is 0 Å². The minimum absolute atomic E-state index is 0.110. The van der Waals surface area contributed by atoms with Crippen molar-refractivity contribution in [1.29, 1.82) is 0 Å².